The lowest BCUT2D eigenvalue weighted by atomic mass is 9.92. The molecule has 0 bridgehead atoms. The average Bonchev–Trinajstić information content (AvgIpc) is 4.09. The number of esters is 1. The van der Waals surface area contributed by atoms with Gasteiger partial charge in [0.1, 0.15) is 45.9 Å². The zero-order chi connectivity index (χ0) is 53.4. The van der Waals surface area contributed by atoms with E-state index in [0.717, 1.165) is 43.8 Å². The summed E-state index contributed by atoms with van der Waals surface area (Å²) in [5.74, 6) is -0.818. The zero-order valence-corrected chi connectivity index (χ0v) is 44.5. The fourth-order valence-corrected chi connectivity index (χ4v) is 10.4. The summed E-state index contributed by atoms with van der Waals surface area (Å²) in [6.07, 6.45) is 2.28. The van der Waals surface area contributed by atoms with E-state index in [1.54, 1.807) is 20.8 Å². The number of benzene rings is 6. The second-order valence-corrected chi connectivity index (χ2v) is 21.7. The maximum absolute atomic E-state index is 14.4. The van der Waals surface area contributed by atoms with E-state index in [1.807, 2.05) is 135 Å². The fraction of sp³-hybridized carbons (Fsp3) is 0.383. The van der Waals surface area contributed by atoms with E-state index in [4.69, 9.17) is 24.7 Å². The standard InChI is InChI=1S/C60H71N5O9S/c1-40(2)37-60(57(69)73-38-42-21-10-7-11-22-42)56(75-60)65-55(68)48(28-18-34-61)64-54(67)47(27-16-17-35-62-58(70)74-59(3,4)5)63-51(66)39-72-50-32-30-44-24-13-15-26-46(44)53(50)52-45-25-14-12-23-43(45)29-31-49(52)71-36-33-41-19-8-6-9-20-41/h6-15,19-26,29-32,40,47-48,56H,16-18,27-28,33-39,61H2,1-5H3,(H,62,70)(H,63,66)(H,64,67)(H,65,68)/t47-,48-,56?,60-/m1/s1. The third-order valence-electron chi connectivity index (χ3n) is 12.7. The summed E-state index contributed by atoms with van der Waals surface area (Å²) >= 11 is 1.33. The van der Waals surface area contributed by atoms with E-state index in [2.05, 4.69) is 33.4 Å². The number of hydrogen-bond donors (Lipinski definition) is 5. The third kappa shape index (κ3) is 15.7. The second kappa shape index (κ2) is 26.4. The number of hydrogen-bond acceptors (Lipinski definition) is 11. The Labute approximate surface area is 444 Å². The molecule has 14 nitrogen and oxygen atoms in total. The van der Waals surface area contributed by atoms with Gasteiger partial charge in [-0.25, -0.2) is 4.79 Å². The molecule has 7 rings (SSSR count). The minimum Gasteiger partial charge on any atom is -0.493 e. The molecule has 1 saturated heterocycles. The maximum Gasteiger partial charge on any atom is 0.407 e. The first kappa shape index (κ1) is 55.6. The van der Waals surface area contributed by atoms with Gasteiger partial charge in [-0.15, -0.1) is 11.8 Å². The van der Waals surface area contributed by atoms with Gasteiger partial charge in [0.25, 0.3) is 5.91 Å². The largest absolute Gasteiger partial charge is 0.493 e. The van der Waals surface area contributed by atoms with Gasteiger partial charge in [0.15, 0.2) is 6.61 Å². The molecule has 4 amide bonds. The third-order valence-corrected chi connectivity index (χ3v) is 14.2. The van der Waals surface area contributed by atoms with Crippen LogP contribution in [0.4, 0.5) is 4.79 Å². The normalized spacial score (nSPS) is 15.9. The van der Waals surface area contributed by atoms with Gasteiger partial charge in [-0.05, 0) is 117 Å². The van der Waals surface area contributed by atoms with Crippen molar-refractivity contribution in [3.8, 4) is 22.6 Å². The van der Waals surface area contributed by atoms with Crippen molar-refractivity contribution >= 4 is 63.1 Å². The monoisotopic (exact) mass is 1040 g/mol. The number of carbonyl (C=O) groups is 5. The molecule has 15 heteroatoms. The Kier molecular flexibility index (Phi) is 19.6. The molecule has 1 aliphatic heterocycles. The Morgan fingerprint density at radius 3 is 1.85 bits per heavy atom. The molecule has 1 fully saturated rings. The van der Waals surface area contributed by atoms with Crippen LogP contribution in [-0.2, 0) is 41.7 Å². The van der Waals surface area contributed by atoms with Crippen LogP contribution in [0, 0.1) is 5.92 Å². The molecule has 6 aromatic rings. The van der Waals surface area contributed by atoms with Gasteiger partial charge in [0.2, 0.25) is 11.8 Å². The Morgan fingerprint density at radius 1 is 0.667 bits per heavy atom. The molecular weight excluding hydrogens is 967 g/mol. The molecule has 396 valence electrons. The molecule has 0 aromatic heterocycles. The first-order chi connectivity index (χ1) is 36.1. The molecule has 4 atom stereocenters. The van der Waals surface area contributed by atoms with Crippen molar-refractivity contribution in [1.29, 1.82) is 0 Å². The highest BCUT2D eigenvalue weighted by molar-refractivity contribution is 8.09. The van der Waals surface area contributed by atoms with Crippen LogP contribution in [0.25, 0.3) is 32.7 Å². The molecule has 1 unspecified atom stereocenters. The average molecular weight is 1040 g/mol. The quantitative estimate of drug-likeness (QED) is 0.0197. The number of nitrogens with one attached hydrogen (secondary N) is 4. The summed E-state index contributed by atoms with van der Waals surface area (Å²) in [6.45, 7) is 9.96. The van der Waals surface area contributed by atoms with E-state index >= 15 is 0 Å². The van der Waals surface area contributed by atoms with Crippen molar-refractivity contribution in [2.75, 3.05) is 26.3 Å². The van der Waals surface area contributed by atoms with Gasteiger partial charge in [-0.1, -0.05) is 135 Å². The second-order valence-electron chi connectivity index (χ2n) is 20.3. The van der Waals surface area contributed by atoms with Crippen molar-refractivity contribution < 1.29 is 42.9 Å². The summed E-state index contributed by atoms with van der Waals surface area (Å²) in [5, 5.41) is 14.8. The smallest absolute Gasteiger partial charge is 0.407 e. The number of amides is 4. The zero-order valence-electron chi connectivity index (χ0n) is 43.7. The highest BCUT2D eigenvalue weighted by Gasteiger charge is 2.64. The highest BCUT2D eigenvalue weighted by Crippen LogP contribution is 2.57. The lowest BCUT2D eigenvalue weighted by Crippen LogP contribution is -2.55. The summed E-state index contributed by atoms with van der Waals surface area (Å²) in [4.78, 5) is 68.8. The summed E-state index contributed by atoms with van der Waals surface area (Å²) in [5.41, 5.74) is 8.83. The number of thioether (sulfide) groups is 1. The van der Waals surface area contributed by atoms with Gasteiger partial charge < -0.3 is 45.9 Å². The van der Waals surface area contributed by atoms with Crippen LogP contribution in [0.2, 0.25) is 0 Å². The van der Waals surface area contributed by atoms with Crippen molar-refractivity contribution in [3.63, 3.8) is 0 Å². The predicted molar refractivity (Wildman–Crippen MR) is 296 cm³/mol. The Balaban J connectivity index is 1.09. The van der Waals surface area contributed by atoms with Crippen LogP contribution in [-0.4, -0.2) is 83.9 Å². The van der Waals surface area contributed by atoms with E-state index in [-0.39, 0.29) is 38.5 Å². The van der Waals surface area contributed by atoms with Crippen molar-refractivity contribution in [3.05, 3.63) is 145 Å². The number of unbranched alkanes of at least 4 members (excludes halogenated alkanes) is 1. The molecule has 6 N–H and O–H groups in total. The minimum absolute atomic E-state index is 0.101. The molecule has 75 heavy (non-hydrogen) atoms. The van der Waals surface area contributed by atoms with Crippen molar-refractivity contribution in [2.24, 2.45) is 11.7 Å². The first-order valence-corrected chi connectivity index (χ1v) is 26.8. The predicted octanol–water partition coefficient (Wildman–Crippen LogP) is 9.78. The molecule has 0 spiro atoms. The lowest BCUT2D eigenvalue weighted by Gasteiger charge is -2.24. The highest BCUT2D eigenvalue weighted by atomic mass is 32.2. The molecule has 1 aliphatic rings. The van der Waals surface area contributed by atoms with E-state index < -0.39 is 64.2 Å². The summed E-state index contributed by atoms with van der Waals surface area (Å²) in [6, 6.07) is 41.3. The molecule has 0 saturated carbocycles. The van der Waals surface area contributed by atoms with E-state index in [1.165, 1.54) is 11.8 Å². The molecule has 6 aromatic carbocycles. The number of carbonyl (C=O) groups excluding carboxylic acids is 5. The molecule has 0 aliphatic carbocycles. The van der Waals surface area contributed by atoms with Crippen LogP contribution >= 0.6 is 11.8 Å². The van der Waals surface area contributed by atoms with Crippen LogP contribution < -0.4 is 36.5 Å². The topological polar surface area (TPSA) is 196 Å². The maximum atomic E-state index is 14.4. The Bertz CT molecular complexity index is 2900. The minimum atomic E-state index is -1.10. The first-order valence-electron chi connectivity index (χ1n) is 25.9. The molecule has 0 radical (unpaired) electrons. The number of fused-ring (bicyclic) bond motifs is 2. The number of rotatable bonds is 26. The van der Waals surface area contributed by atoms with Gasteiger partial charge in [-0.3, -0.25) is 19.2 Å². The van der Waals surface area contributed by atoms with Gasteiger partial charge in [-0.2, -0.15) is 0 Å². The Morgan fingerprint density at radius 2 is 1.24 bits per heavy atom. The van der Waals surface area contributed by atoms with Crippen molar-refractivity contribution in [2.45, 2.75) is 114 Å². The van der Waals surface area contributed by atoms with Crippen LogP contribution in [0.5, 0.6) is 11.5 Å². The van der Waals surface area contributed by atoms with Crippen molar-refractivity contribution in [1.82, 2.24) is 21.3 Å². The number of ether oxygens (including phenoxy) is 4. The van der Waals surface area contributed by atoms with Crippen LogP contribution in [0.1, 0.15) is 84.3 Å². The number of alkyl carbamates (subject to hydrolysis) is 1. The SMILES string of the molecule is CC(C)C[C@@]1(C(=O)OCc2ccccc2)SC1NC(=O)[C@@H](CCCN)NC(=O)[C@@H](CCCCNC(=O)OC(C)(C)C)NC(=O)COc1ccc2ccccc2c1-c1c(OCCc2ccccc2)ccc2ccccc12. The van der Waals surface area contributed by atoms with Gasteiger partial charge >= 0.3 is 12.1 Å². The Hall–Kier alpha value is -7.10. The summed E-state index contributed by atoms with van der Waals surface area (Å²) < 4.78 is 23.2. The van der Waals surface area contributed by atoms with Gasteiger partial charge in [0.05, 0.1) is 6.61 Å². The van der Waals surface area contributed by atoms with E-state index in [9.17, 15) is 24.0 Å². The molecular formula is C60H71N5O9S. The van der Waals surface area contributed by atoms with Gasteiger partial charge in [0, 0.05) is 24.1 Å². The summed E-state index contributed by atoms with van der Waals surface area (Å²) in [7, 11) is 0. The number of nitrogens with two attached hydrogens (primary N) is 1. The lowest BCUT2D eigenvalue weighted by molar-refractivity contribution is -0.147. The van der Waals surface area contributed by atoms with Crippen LogP contribution in [0.3, 0.4) is 0 Å². The van der Waals surface area contributed by atoms with Crippen LogP contribution in [0.15, 0.2) is 133 Å². The van der Waals surface area contributed by atoms with E-state index in [0.29, 0.717) is 50.2 Å². The fourth-order valence-electron chi connectivity index (χ4n) is 9.07. The molecule has 1 heterocycles.